The number of rotatable bonds is 6. The molecule has 1 saturated carbocycles. The number of benzene rings is 1. The monoisotopic (exact) mass is 396 g/mol. The van der Waals surface area contributed by atoms with Crippen molar-refractivity contribution >= 4 is 15.8 Å². The Labute approximate surface area is 161 Å². The van der Waals surface area contributed by atoms with Crippen molar-refractivity contribution < 1.29 is 27.4 Å². The van der Waals surface area contributed by atoms with E-state index in [2.05, 4.69) is 0 Å². The van der Waals surface area contributed by atoms with Crippen LogP contribution in [0.2, 0.25) is 0 Å². The first-order valence-corrected chi connectivity index (χ1v) is 11.3. The van der Waals surface area contributed by atoms with Crippen LogP contribution in [0, 0.1) is 0 Å². The molecule has 1 heterocycles. The molecule has 2 aliphatic rings. The summed E-state index contributed by atoms with van der Waals surface area (Å²) in [7, 11) is -1.73. The summed E-state index contributed by atoms with van der Waals surface area (Å²) < 4.78 is 41.2. The van der Waals surface area contributed by atoms with Crippen LogP contribution < -0.4 is 4.74 Å². The van der Waals surface area contributed by atoms with E-state index < -0.39 is 9.84 Å². The molecule has 3 rings (SSSR count). The quantitative estimate of drug-likeness (QED) is 0.684. The molecule has 1 fully saturated rings. The number of ether oxygens (including phenoxy) is 3. The van der Waals surface area contributed by atoms with Gasteiger partial charge in [0.25, 0.3) is 0 Å². The van der Waals surface area contributed by atoms with Gasteiger partial charge in [-0.25, -0.2) is 13.2 Å². The topological polar surface area (TPSA) is 78.9 Å². The molecule has 1 aromatic rings. The lowest BCUT2D eigenvalue weighted by molar-refractivity contribution is -0.166. The molecule has 1 aromatic carbocycles. The lowest BCUT2D eigenvalue weighted by Gasteiger charge is -2.35. The van der Waals surface area contributed by atoms with Crippen LogP contribution in [0.15, 0.2) is 23.1 Å². The highest BCUT2D eigenvalue weighted by Gasteiger charge is 2.34. The van der Waals surface area contributed by atoms with E-state index in [-0.39, 0.29) is 34.9 Å². The average molecular weight is 397 g/mol. The van der Waals surface area contributed by atoms with Gasteiger partial charge in [0.1, 0.15) is 11.4 Å². The minimum absolute atomic E-state index is 0.0735. The van der Waals surface area contributed by atoms with Crippen molar-refractivity contribution in [3.05, 3.63) is 23.8 Å². The molecule has 0 spiro atoms. The number of sulfone groups is 1. The molecule has 1 atom stereocenters. The lowest BCUT2D eigenvalue weighted by atomic mass is 9.83. The molecule has 7 heteroatoms. The summed E-state index contributed by atoms with van der Waals surface area (Å²) in [6.07, 6.45) is 6.10. The van der Waals surface area contributed by atoms with Gasteiger partial charge in [0.05, 0.1) is 16.8 Å². The first-order chi connectivity index (χ1) is 12.9. The van der Waals surface area contributed by atoms with Crippen LogP contribution >= 0.6 is 0 Å². The van der Waals surface area contributed by atoms with Crippen molar-refractivity contribution in [2.24, 2.45) is 0 Å². The first-order valence-electron chi connectivity index (χ1n) is 9.63. The number of esters is 1. The number of methoxy groups -OCH3 is 1. The van der Waals surface area contributed by atoms with Gasteiger partial charge in [-0.3, -0.25) is 0 Å². The summed E-state index contributed by atoms with van der Waals surface area (Å²) in [5.74, 6) is 0.135. The molecule has 1 aliphatic carbocycles. The number of fused-ring (bicyclic) bond motifs is 1. The largest absolute Gasteiger partial charge is 0.482 e. The zero-order valence-electron chi connectivity index (χ0n) is 16.0. The Balaban J connectivity index is 1.67. The Morgan fingerprint density at radius 3 is 2.63 bits per heavy atom. The van der Waals surface area contributed by atoms with Crippen molar-refractivity contribution in [1.29, 1.82) is 0 Å². The molecule has 0 saturated heterocycles. The fourth-order valence-corrected chi connectivity index (χ4v) is 5.63. The maximum atomic E-state index is 12.3. The van der Waals surface area contributed by atoms with Gasteiger partial charge in [-0.2, -0.15) is 0 Å². The Hall–Kier alpha value is -1.60. The van der Waals surface area contributed by atoms with E-state index in [0.29, 0.717) is 17.7 Å². The fraction of sp³-hybridized carbons (Fsp3) is 0.650. The molecule has 0 amide bonds. The van der Waals surface area contributed by atoms with Gasteiger partial charge in [-0.15, -0.1) is 0 Å². The fourth-order valence-electron chi connectivity index (χ4n) is 4.06. The molecule has 0 radical (unpaired) electrons. The van der Waals surface area contributed by atoms with E-state index in [9.17, 15) is 13.2 Å². The van der Waals surface area contributed by atoms with Crippen LogP contribution in [-0.2, 0) is 24.1 Å². The summed E-state index contributed by atoms with van der Waals surface area (Å²) in [6, 6.07) is 4.77. The maximum absolute atomic E-state index is 12.3. The third-order valence-corrected chi connectivity index (χ3v) is 7.51. The van der Waals surface area contributed by atoms with Gasteiger partial charge in [0, 0.05) is 12.7 Å². The zero-order valence-corrected chi connectivity index (χ0v) is 16.8. The number of hydrogen-bond donors (Lipinski definition) is 0. The van der Waals surface area contributed by atoms with Crippen LogP contribution in [0.3, 0.4) is 0 Å². The SMILES string of the molecule is CCC1(OC(=O)COc2ccc3c(c2)C(OC)CCS3(=O)=O)CCCCC1. The number of carbonyl (C=O) groups is 1. The summed E-state index contributed by atoms with van der Waals surface area (Å²) in [5, 5.41) is 0. The number of carbonyl (C=O) groups excluding carboxylic acids is 1. The molecular formula is C20H28O6S. The lowest BCUT2D eigenvalue weighted by Crippen LogP contribution is -2.38. The summed E-state index contributed by atoms with van der Waals surface area (Å²) in [6.45, 7) is 1.86. The van der Waals surface area contributed by atoms with E-state index in [1.165, 1.54) is 12.5 Å². The summed E-state index contributed by atoms with van der Waals surface area (Å²) in [4.78, 5) is 12.6. The molecule has 6 nitrogen and oxygen atoms in total. The van der Waals surface area contributed by atoms with Gasteiger partial charge < -0.3 is 14.2 Å². The third kappa shape index (κ3) is 4.46. The average Bonchev–Trinajstić information content (AvgIpc) is 2.67. The number of hydrogen-bond acceptors (Lipinski definition) is 6. The van der Waals surface area contributed by atoms with Crippen LogP contribution in [0.5, 0.6) is 5.75 Å². The van der Waals surface area contributed by atoms with Gasteiger partial charge in [-0.1, -0.05) is 13.3 Å². The Morgan fingerprint density at radius 1 is 1.22 bits per heavy atom. The van der Waals surface area contributed by atoms with Gasteiger partial charge in [0.2, 0.25) is 0 Å². The second-order valence-electron chi connectivity index (χ2n) is 7.39. The van der Waals surface area contributed by atoms with Crippen LogP contribution in [-0.4, -0.2) is 39.5 Å². The molecule has 0 bridgehead atoms. The Bertz CT molecular complexity index is 780. The molecule has 27 heavy (non-hydrogen) atoms. The van der Waals surface area contributed by atoms with E-state index in [1.807, 2.05) is 6.92 Å². The summed E-state index contributed by atoms with van der Waals surface area (Å²) in [5.41, 5.74) is 0.232. The Kier molecular flexibility index (Phi) is 6.11. The van der Waals surface area contributed by atoms with E-state index >= 15 is 0 Å². The predicted molar refractivity (Wildman–Crippen MR) is 101 cm³/mol. The molecule has 1 aliphatic heterocycles. The van der Waals surface area contributed by atoms with Crippen LogP contribution in [0.25, 0.3) is 0 Å². The predicted octanol–water partition coefficient (Wildman–Crippen LogP) is 3.59. The molecule has 1 unspecified atom stereocenters. The highest BCUT2D eigenvalue weighted by Crippen LogP contribution is 2.37. The van der Waals surface area contributed by atoms with Crippen molar-refractivity contribution in [3.63, 3.8) is 0 Å². The van der Waals surface area contributed by atoms with Crippen molar-refractivity contribution in [3.8, 4) is 5.75 Å². The van der Waals surface area contributed by atoms with E-state index in [1.54, 1.807) is 19.2 Å². The van der Waals surface area contributed by atoms with E-state index in [4.69, 9.17) is 14.2 Å². The Morgan fingerprint density at radius 2 is 1.96 bits per heavy atom. The standard InChI is InChI=1S/C20H28O6S/c1-3-20(10-5-4-6-11-20)26-19(21)14-25-15-7-8-18-16(13-15)17(24-2)9-12-27(18,22)23/h7-8,13,17H,3-6,9-12,14H2,1-2H3. The van der Waals surface area contributed by atoms with Gasteiger partial charge in [-0.05, 0) is 56.7 Å². The van der Waals surface area contributed by atoms with Crippen molar-refractivity contribution in [2.75, 3.05) is 19.5 Å². The van der Waals surface area contributed by atoms with Crippen molar-refractivity contribution in [2.45, 2.75) is 68.5 Å². The van der Waals surface area contributed by atoms with Crippen LogP contribution in [0.4, 0.5) is 0 Å². The zero-order chi connectivity index (χ0) is 19.5. The van der Waals surface area contributed by atoms with Gasteiger partial charge in [0.15, 0.2) is 16.4 Å². The minimum Gasteiger partial charge on any atom is -0.482 e. The maximum Gasteiger partial charge on any atom is 0.344 e. The second-order valence-corrected chi connectivity index (χ2v) is 9.47. The van der Waals surface area contributed by atoms with Gasteiger partial charge >= 0.3 is 5.97 Å². The smallest absolute Gasteiger partial charge is 0.344 e. The molecule has 0 aromatic heterocycles. The van der Waals surface area contributed by atoms with Crippen LogP contribution in [0.1, 0.15) is 63.5 Å². The first kappa shape index (κ1) is 20.1. The molecular weight excluding hydrogens is 368 g/mol. The second kappa shape index (κ2) is 8.19. The molecule has 0 N–H and O–H groups in total. The highest BCUT2D eigenvalue weighted by atomic mass is 32.2. The minimum atomic E-state index is -3.29. The molecule has 150 valence electrons. The summed E-state index contributed by atoms with van der Waals surface area (Å²) >= 11 is 0. The van der Waals surface area contributed by atoms with Crippen molar-refractivity contribution in [1.82, 2.24) is 0 Å². The van der Waals surface area contributed by atoms with E-state index in [0.717, 1.165) is 32.1 Å². The third-order valence-electron chi connectivity index (χ3n) is 5.69. The normalized spacial score (nSPS) is 23.3. The highest BCUT2D eigenvalue weighted by molar-refractivity contribution is 7.91.